The SMILES string of the molecule is CC(=O)C1=CC(C)C1(C)C. The summed E-state index contributed by atoms with van der Waals surface area (Å²) in [5.41, 5.74) is 1.13. The highest BCUT2D eigenvalue weighted by atomic mass is 16.1. The van der Waals surface area contributed by atoms with Crippen LogP contribution in [0.4, 0.5) is 0 Å². The van der Waals surface area contributed by atoms with E-state index in [1.807, 2.05) is 0 Å². The molecule has 0 aromatic rings. The van der Waals surface area contributed by atoms with Gasteiger partial charge in [0.2, 0.25) is 0 Å². The van der Waals surface area contributed by atoms with Crippen LogP contribution in [-0.4, -0.2) is 5.78 Å². The predicted molar refractivity (Wildman–Crippen MR) is 41.7 cm³/mol. The minimum atomic E-state index is 0.131. The highest BCUT2D eigenvalue weighted by Crippen LogP contribution is 2.45. The van der Waals surface area contributed by atoms with Crippen molar-refractivity contribution in [2.75, 3.05) is 0 Å². The van der Waals surface area contributed by atoms with Crippen LogP contribution in [0.15, 0.2) is 11.6 Å². The Morgan fingerprint density at radius 2 is 2.10 bits per heavy atom. The first kappa shape index (κ1) is 7.52. The molecule has 0 saturated carbocycles. The average molecular weight is 138 g/mol. The number of carbonyl (C=O) groups excluding carboxylic acids is 1. The molecular formula is C9H14O. The van der Waals surface area contributed by atoms with E-state index in [9.17, 15) is 4.79 Å². The van der Waals surface area contributed by atoms with Gasteiger partial charge in [-0.3, -0.25) is 4.79 Å². The van der Waals surface area contributed by atoms with Crippen molar-refractivity contribution < 1.29 is 4.79 Å². The van der Waals surface area contributed by atoms with Crippen LogP contribution in [0.2, 0.25) is 0 Å². The van der Waals surface area contributed by atoms with Gasteiger partial charge in [-0.25, -0.2) is 0 Å². The summed E-state index contributed by atoms with van der Waals surface area (Å²) in [7, 11) is 0. The third-order valence-electron chi connectivity index (χ3n) is 2.63. The zero-order valence-electron chi connectivity index (χ0n) is 7.06. The normalized spacial score (nSPS) is 28.8. The summed E-state index contributed by atoms with van der Waals surface area (Å²) in [4.78, 5) is 10.9. The molecule has 1 unspecified atom stereocenters. The van der Waals surface area contributed by atoms with Crippen molar-refractivity contribution >= 4 is 5.78 Å². The summed E-state index contributed by atoms with van der Waals surface area (Å²) in [6.07, 6.45) is 2.06. The monoisotopic (exact) mass is 138 g/mol. The lowest BCUT2D eigenvalue weighted by Gasteiger charge is -2.40. The molecule has 1 atom stereocenters. The van der Waals surface area contributed by atoms with Gasteiger partial charge in [-0.2, -0.15) is 0 Å². The van der Waals surface area contributed by atoms with E-state index < -0.39 is 0 Å². The van der Waals surface area contributed by atoms with Crippen molar-refractivity contribution in [1.82, 2.24) is 0 Å². The van der Waals surface area contributed by atoms with Crippen molar-refractivity contribution in [2.24, 2.45) is 11.3 Å². The third kappa shape index (κ3) is 0.808. The summed E-state index contributed by atoms with van der Waals surface area (Å²) in [5.74, 6) is 0.787. The first-order valence-electron chi connectivity index (χ1n) is 3.69. The van der Waals surface area contributed by atoms with E-state index in [-0.39, 0.29) is 11.2 Å². The molecule has 0 fully saturated rings. The van der Waals surface area contributed by atoms with Crippen LogP contribution in [0.3, 0.4) is 0 Å². The van der Waals surface area contributed by atoms with Gasteiger partial charge in [0.05, 0.1) is 0 Å². The van der Waals surface area contributed by atoms with Gasteiger partial charge in [0, 0.05) is 0 Å². The largest absolute Gasteiger partial charge is 0.295 e. The van der Waals surface area contributed by atoms with Crippen molar-refractivity contribution in [3.05, 3.63) is 11.6 Å². The second-order valence-electron chi connectivity index (χ2n) is 3.65. The summed E-state index contributed by atoms with van der Waals surface area (Å²) >= 11 is 0. The van der Waals surface area contributed by atoms with Gasteiger partial charge in [0.15, 0.2) is 5.78 Å². The average Bonchev–Trinajstić information content (AvgIpc) is 1.82. The smallest absolute Gasteiger partial charge is 0.156 e. The maximum Gasteiger partial charge on any atom is 0.156 e. The van der Waals surface area contributed by atoms with E-state index in [0.717, 1.165) is 5.57 Å². The lowest BCUT2D eigenvalue weighted by atomic mass is 9.63. The Kier molecular flexibility index (Phi) is 1.46. The van der Waals surface area contributed by atoms with Crippen LogP contribution < -0.4 is 0 Å². The molecule has 1 nitrogen and oxygen atoms in total. The lowest BCUT2D eigenvalue weighted by Crippen LogP contribution is -2.35. The zero-order chi connectivity index (χ0) is 7.94. The molecule has 0 bridgehead atoms. The summed E-state index contributed by atoms with van der Waals surface area (Å²) in [5, 5.41) is 0. The van der Waals surface area contributed by atoms with E-state index >= 15 is 0 Å². The number of hydrogen-bond acceptors (Lipinski definition) is 1. The van der Waals surface area contributed by atoms with Crippen LogP contribution in [0.25, 0.3) is 0 Å². The van der Waals surface area contributed by atoms with Crippen molar-refractivity contribution in [2.45, 2.75) is 27.7 Å². The molecule has 1 heteroatoms. The minimum absolute atomic E-state index is 0.131. The van der Waals surface area contributed by atoms with Crippen LogP contribution in [0.1, 0.15) is 27.7 Å². The van der Waals surface area contributed by atoms with Crippen LogP contribution >= 0.6 is 0 Å². The first-order valence-corrected chi connectivity index (χ1v) is 3.69. The van der Waals surface area contributed by atoms with E-state index in [1.54, 1.807) is 6.92 Å². The number of allylic oxidation sites excluding steroid dienone is 2. The number of rotatable bonds is 1. The van der Waals surface area contributed by atoms with E-state index in [2.05, 4.69) is 26.8 Å². The highest BCUT2D eigenvalue weighted by molar-refractivity contribution is 5.96. The van der Waals surface area contributed by atoms with Gasteiger partial charge < -0.3 is 0 Å². The Morgan fingerprint density at radius 1 is 1.60 bits per heavy atom. The minimum Gasteiger partial charge on any atom is -0.295 e. The fourth-order valence-electron chi connectivity index (χ4n) is 1.39. The van der Waals surface area contributed by atoms with Gasteiger partial charge in [0.1, 0.15) is 0 Å². The van der Waals surface area contributed by atoms with Crippen LogP contribution in [-0.2, 0) is 4.79 Å². The standard InChI is InChI=1S/C9H14O/c1-6-5-8(7(2)10)9(6,3)4/h5-6H,1-4H3. The quantitative estimate of drug-likeness (QED) is 0.542. The number of carbonyl (C=O) groups is 1. The Morgan fingerprint density at radius 3 is 2.20 bits per heavy atom. The molecule has 0 aromatic heterocycles. The second-order valence-corrected chi connectivity index (χ2v) is 3.65. The molecular weight excluding hydrogens is 124 g/mol. The van der Waals surface area contributed by atoms with Gasteiger partial charge in [-0.1, -0.05) is 26.8 Å². The number of hydrogen-bond donors (Lipinski definition) is 0. The molecule has 0 saturated heterocycles. The maximum atomic E-state index is 10.9. The van der Waals surface area contributed by atoms with Crippen LogP contribution in [0.5, 0.6) is 0 Å². The molecule has 56 valence electrons. The molecule has 0 N–H and O–H groups in total. The third-order valence-corrected chi connectivity index (χ3v) is 2.63. The van der Waals surface area contributed by atoms with Crippen molar-refractivity contribution in [3.8, 4) is 0 Å². The molecule has 0 radical (unpaired) electrons. The van der Waals surface area contributed by atoms with Crippen molar-refractivity contribution in [3.63, 3.8) is 0 Å². The number of ketones is 1. The molecule has 10 heavy (non-hydrogen) atoms. The molecule has 0 aliphatic heterocycles. The second kappa shape index (κ2) is 1.94. The molecule has 0 heterocycles. The Bertz CT molecular complexity index is 199. The lowest BCUT2D eigenvalue weighted by molar-refractivity contribution is -0.115. The topological polar surface area (TPSA) is 17.1 Å². The molecule has 0 amide bonds. The summed E-state index contributed by atoms with van der Waals surface area (Å²) in [6.45, 7) is 8.02. The molecule has 1 aliphatic rings. The Balaban J connectivity index is 2.86. The fraction of sp³-hybridized carbons (Fsp3) is 0.667. The molecule has 0 spiro atoms. The summed E-state index contributed by atoms with van der Waals surface area (Å²) < 4.78 is 0. The highest BCUT2D eigenvalue weighted by Gasteiger charge is 2.38. The molecule has 1 aliphatic carbocycles. The number of Topliss-reactive ketones (excluding diaryl/α,β-unsaturated/α-hetero) is 1. The van der Waals surface area contributed by atoms with E-state index in [0.29, 0.717) is 5.92 Å². The van der Waals surface area contributed by atoms with E-state index in [4.69, 9.17) is 0 Å². The Hall–Kier alpha value is -0.590. The van der Waals surface area contributed by atoms with Gasteiger partial charge >= 0.3 is 0 Å². The predicted octanol–water partition coefficient (Wildman–Crippen LogP) is 2.18. The summed E-state index contributed by atoms with van der Waals surface area (Å²) in [6, 6.07) is 0. The maximum absolute atomic E-state index is 10.9. The van der Waals surface area contributed by atoms with Gasteiger partial charge in [-0.05, 0) is 23.8 Å². The first-order chi connectivity index (χ1) is 4.46. The van der Waals surface area contributed by atoms with E-state index in [1.165, 1.54) is 0 Å². The Labute approximate surface area is 62.1 Å². The molecule has 0 aromatic carbocycles. The fourth-order valence-corrected chi connectivity index (χ4v) is 1.39. The van der Waals surface area contributed by atoms with Gasteiger partial charge in [-0.15, -0.1) is 0 Å². The molecule has 1 rings (SSSR count). The van der Waals surface area contributed by atoms with Crippen LogP contribution in [0, 0.1) is 11.3 Å². The zero-order valence-corrected chi connectivity index (χ0v) is 7.06. The van der Waals surface area contributed by atoms with Crippen molar-refractivity contribution in [1.29, 1.82) is 0 Å². The van der Waals surface area contributed by atoms with Gasteiger partial charge in [0.25, 0.3) is 0 Å².